The fourth-order valence-electron chi connectivity index (χ4n) is 5.29. The van der Waals surface area contributed by atoms with E-state index in [1.54, 1.807) is 6.92 Å². The van der Waals surface area contributed by atoms with Crippen LogP contribution in [0, 0.1) is 5.92 Å². The van der Waals surface area contributed by atoms with E-state index in [-0.39, 0.29) is 38.7 Å². The quantitative estimate of drug-likeness (QED) is 0.104. The van der Waals surface area contributed by atoms with E-state index in [4.69, 9.17) is 36.1 Å². The zero-order valence-electron chi connectivity index (χ0n) is 23.8. The van der Waals surface area contributed by atoms with E-state index in [9.17, 15) is 30.3 Å². The topological polar surface area (TPSA) is 257 Å². The number of aliphatic hydroxyl groups excluding tert-OH is 4. The van der Waals surface area contributed by atoms with E-state index in [1.807, 2.05) is 0 Å². The molecule has 15 heteroatoms. The van der Waals surface area contributed by atoms with Gasteiger partial charge in [-0.15, -0.1) is 0 Å². The standard InChI is InChI=1S/C26H49N5O10/c1-12(10-32)30-9-14-4-5-15(28)24(39-14)40-21-16(29)8-17(31-23(36)18(33)6-7-27)22(20(21)35)41-25-19(34)13(2)26(3,37)11-38-25/h13-22,24-25,30,32-35,37H,1,4-11,27-29H2,2-3H3,(H,31,36)/t13-,14+,15?,16+,17-,18+,19?,20?,21?,22?,24-,25-,26?/m1/s1. The zero-order valence-corrected chi connectivity index (χ0v) is 23.8. The maximum absolute atomic E-state index is 12.7. The largest absolute Gasteiger partial charge is 0.390 e. The van der Waals surface area contributed by atoms with Crippen molar-refractivity contribution in [2.45, 2.75) is 112 Å². The van der Waals surface area contributed by atoms with Crippen molar-refractivity contribution in [2.75, 3.05) is 26.3 Å². The number of amides is 1. The smallest absolute Gasteiger partial charge is 0.249 e. The molecule has 13 N–H and O–H groups in total. The SMILES string of the molecule is C=C(CO)NC[C@@H]1CCC(N)[C@@H](OC2C(O)C(O[C@H]3OCC(C)(O)[C@H](C)C3O)[C@H](NC(=O)[C@@H](O)CCN)C[C@@H]2N)O1. The van der Waals surface area contributed by atoms with Gasteiger partial charge in [-0.3, -0.25) is 4.79 Å². The number of hydrogen-bond acceptors (Lipinski definition) is 14. The van der Waals surface area contributed by atoms with E-state index in [0.29, 0.717) is 25.1 Å². The molecule has 0 aromatic carbocycles. The van der Waals surface area contributed by atoms with Gasteiger partial charge in [-0.1, -0.05) is 13.5 Å². The van der Waals surface area contributed by atoms with Crippen molar-refractivity contribution >= 4 is 5.91 Å². The molecule has 1 amide bonds. The van der Waals surface area contributed by atoms with Gasteiger partial charge < -0.3 is 72.3 Å². The molecule has 1 aliphatic carbocycles. The summed E-state index contributed by atoms with van der Waals surface area (Å²) in [6.07, 6.45) is -7.46. The van der Waals surface area contributed by atoms with Gasteiger partial charge in [0.05, 0.1) is 37.0 Å². The highest BCUT2D eigenvalue weighted by molar-refractivity contribution is 5.80. The molecule has 1 saturated carbocycles. The van der Waals surface area contributed by atoms with Crippen LogP contribution in [0.25, 0.3) is 0 Å². The lowest BCUT2D eigenvalue weighted by Crippen LogP contribution is -2.68. The molecule has 0 aromatic heterocycles. The molecule has 2 saturated heterocycles. The predicted octanol–water partition coefficient (Wildman–Crippen LogP) is -3.92. The summed E-state index contributed by atoms with van der Waals surface area (Å²) in [5.74, 6) is -1.34. The minimum atomic E-state index is -1.44. The van der Waals surface area contributed by atoms with Crippen LogP contribution in [0.3, 0.4) is 0 Å². The lowest BCUT2D eigenvalue weighted by Gasteiger charge is -2.48. The van der Waals surface area contributed by atoms with E-state index < -0.39 is 78.7 Å². The average Bonchev–Trinajstić information content (AvgIpc) is 2.93. The van der Waals surface area contributed by atoms with E-state index >= 15 is 0 Å². The highest BCUT2D eigenvalue weighted by Gasteiger charge is 2.51. The highest BCUT2D eigenvalue weighted by atomic mass is 16.7. The van der Waals surface area contributed by atoms with E-state index in [2.05, 4.69) is 17.2 Å². The summed E-state index contributed by atoms with van der Waals surface area (Å²) in [4.78, 5) is 12.7. The molecule has 0 radical (unpaired) electrons. The van der Waals surface area contributed by atoms with Crippen molar-refractivity contribution in [3.8, 4) is 0 Å². The van der Waals surface area contributed by atoms with Crippen LogP contribution >= 0.6 is 0 Å². The fraction of sp³-hybridized carbons (Fsp3) is 0.885. The van der Waals surface area contributed by atoms with Gasteiger partial charge in [0, 0.05) is 24.2 Å². The van der Waals surface area contributed by atoms with Crippen LogP contribution in [-0.4, -0.2) is 131 Å². The number of rotatable bonds is 12. The summed E-state index contributed by atoms with van der Waals surface area (Å²) in [5.41, 5.74) is 17.3. The van der Waals surface area contributed by atoms with Crippen molar-refractivity contribution in [1.82, 2.24) is 10.6 Å². The van der Waals surface area contributed by atoms with Crippen LogP contribution in [0.1, 0.15) is 39.5 Å². The summed E-state index contributed by atoms with van der Waals surface area (Å²) >= 11 is 0. The number of ether oxygens (including phenoxy) is 4. The first kappa shape index (κ1) is 34.0. The second-order valence-corrected chi connectivity index (χ2v) is 11.6. The van der Waals surface area contributed by atoms with Gasteiger partial charge in [0.25, 0.3) is 0 Å². The number of aliphatic hydroxyl groups is 5. The maximum Gasteiger partial charge on any atom is 0.249 e. The van der Waals surface area contributed by atoms with Crippen molar-refractivity contribution < 1.29 is 49.3 Å². The van der Waals surface area contributed by atoms with Crippen molar-refractivity contribution in [2.24, 2.45) is 23.1 Å². The second kappa shape index (κ2) is 14.8. The van der Waals surface area contributed by atoms with Crippen LogP contribution in [0.15, 0.2) is 12.3 Å². The molecule has 41 heavy (non-hydrogen) atoms. The molecule has 0 spiro atoms. The fourth-order valence-corrected chi connectivity index (χ4v) is 5.29. The second-order valence-electron chi connectivity index (χ2n) is 11.6. The Balaban J connectivity index is 1.77. The number of carbonyl (C=O) groups is 1. The Morgan fingerprint density at radius 3 is 2.49 bits per heavy atom. The zero-order chi connectivity index (χ0) is 30.5. The van der Waals surface area contributed by atoms with Gasteiger partial charge in [-0.25, -0.2) is 0 Å². The lowest BCUT2D eigenvalue weighted by atomic mass is 9.82. The Morgan fingerprint density at radius 2 is 1.83 bits per heavy atom. The van der Waals surface area contributed by atoms with Crippen LogP contribution in [0.5, 0.6) is 0 Å². The predicted molar refractivity (Wildman–Crippen MR) is 146 cm³/mol. The van der Waals surface area contributed by atoms with Gasteiger partial charge in [-0.05, 0) is 39.2 Å². The molecular formula is C26H49N5O10. The van der Waals surface area contributed by atoms with Crippen molar-refractivity contribution in [3.63, 3.8) is 0 Å². The van der Waals surface area contributed by atoms with E-state index in [0.717, 1.165) is 0 Å². The molecule has 2 aliphatic heterocycles. The Bertz CT molecular complexity index is 869. The molecule has 6 unspecified atom stereocenters. The Hall–Kier alpha value is -1.47. The molecule has 238 valence electrons. The molecule has 2 heterocycles. The van der Waals surface area contributed by atoms with Crippen LogP contribution in [0.2, 0.25) is 0 Å². The minimum absolute atomic E-state index is 0.0278. The third kappa shape index (κ3) is 8.55. The molecule has 3 aliphatic rings. The average molecular weight is 592 g/mol. The minimum Gasteiger partial charge on any atom is -0.390 e. The molecule has 13 atom stereocenters. The van der Waals surface area contributed by atoms with Gasteiger partial charge in [-0.2, -0.15) is 0 Å². The van der Waals surface area contributed by atoms with Crippen LogP contribution in [0.4, 0.5) is 0 Å². The Labute approximate surface area is 240 Å². The Kier molecular flexibility index (Phi) is 12.3. The number of hydrogen-bond donors (Lipinski definition) is 10. The van der Waals surface area contributed by atoms with Crippen LogP contribution in [-0.2, 0) is 23.7 Å². The summed E-state index contributed by atoms with van der Waals surface area (Å²) < 4.78 is 23.8. The lowest BCUT2D eigenvalue weighted by molar-refractivity contribution is -0.314. The monoisotopic (exact) mass is 591 g/mol. The summed E-state index contributed by atoms with van der Waals surface area (Å²) in [7, 11) is 0. The molecule has 3 rings (SSSR count). The first-order valence-electron chi connectivity index (χ1n) is 14.2. The van der Waals surface area contributed by atoms with Crippen molar-refractivity contribution in [1.29, 1.82) is 0 Å². The van der Waals surface area contributed by atoms with Gasteiger partial charge in [0.15, 0.2) is 12.6 Å². The molecular weight excluding hydrogens is 542 g/mol. The van der Waals surface area contributed by atoms with Gasteiger partial charge >= 0.3 is 0 Å². The van der Waals surface area contributed by atoms with Gasteiger partial charge in [0.2, 0.25) is 5.91 Å². The third-order valence-corrected chi connectivity index (χ3v) is 8.25. The summed E-state index contributed by atoms with van der Waals surface area (Å²) in [5, 5.41) is 57.8. The molecule has 0 aromatic rings. The van der Waals surface area contributed by atoms with E-state index in [1.165, 1.54) is 6.92 Å². The van der Waals surface area contributed by atoms with Gasteiger partial charge in [0.1, 0.15) is 30.5 Å². The van der Waals surface area contributed by atoms with Crippen molar-refractivity contribution in [3.05, 3.63) is 12.3 Å². The third-order valence-electron chi connectivity index (χ3n) is 8.25. The van der Waals surface area contributed by atoms with Crippen LogP contribution < -0.4 is 27.8 Å². The normalized spacial score (nSPS) is 42.3. The first-order valence-corrected chi connectivity index (χ1v) is 14.2. The highest BCUT2D eigenvalue weighted by Crippen LogP contribution is 2.34. The molecule has 0 bridgehead atoms. The molecule has 15 nitrogen and oxygen atoms in total. The number of nitrogens with one attached hydrogen (secondary N) is 2. The Morgan fingerprint density at radius 1 is 1.15 bits per heavy atom. The molecule has 3 fully saturated rings. The number of nitrogens with two attached hydrogens (primary N) is 3. The number of carbonyl (C=O) groups excluding carboxylic acids is 1. The summed E-state index contributed by atoms with van der Waals surface area (Å²) in [6.45, 7) is 6.99. The maximum atomic E-state index is 12.7. The first-order chi connectivity index (χ1) is 19.3. The summed E-state index contributed by atoms with van der Waals surface area (Å²) in [6, 6.07) is -2.21.